The Morgan fingerprint density at radius 3 is 2.63 bits per heavy atom. The van der Waals surface area contributed by atoms with Crippen LogP contribution in [0.5, 0.6) is 5.75 Å². The Labute approximate surface area is 236 Å². The number of urea groups is 1. The second kappa shape index (κ2) is 10.4. The number of dihydropyridines is 1. The molecule has 1 fully saturated rings. The summed E-state index contributed by atoms with van der Waals surface area (Å²) in [5.41, 5.74) is 3.83. The molecule has 0 spiro atoms. The quantitative estimate of drug-likeness (QED) is 0.386. The van der Waals surface area contributed by atoms with E-state index in [1.54, 1.807) is 33.2 Å². The maximum absolute atomic E-state index is 13.4. The third kappa shape index (κ3) is 4.81. The number of hydrogen-bond donors (Lipinski definition) is 1. The van der Waals surface area contributed by atoms with Crippen LogP contribution in [0.1, 0.15) is 34.3 Å². The van der Waals surface area contributed by atoms with Crippen molar-refractivity contribution in [1.29, 1.82) is 0 Å². The maximum atomic E-state index is 13.4. The van der Waals surface area contributed by atoms with Gasteiger partial charge in [0, 0.05) is 44.0 Å². The van der Waals surface area contributed by atoms with Crippen LogP contribution < -0.4 is 15.8 Å². The number of carbonyl (C=O) groups is 3. The van der Waals surface area contributed by atoms with Crippen LogP contribution in [0, 0.1) is 6.92 Å². The van der Waals surface area contributed by atoms with Crippen molar-refractivity contribution in [2.45, 2.75) is 32.2 Å². The van der Waals surface area contributed by atoms with Crippen LogP contribution in [0.15, 0.2) is 56.2 Å². The number of nitrogens with one attached hydrogen (secondary N) is 1. The van der Waals surface area contributed by atoms with E-state index in [2.05, 4.69) is 15.2 Å². The first-order chi connectivity index (χ1) is 19.7. The first-order valence-electron chi connectivity index (χ1n) is 13.7. The monoisotopic (exact) mass is 557 g/mol. The molecule has 6 rings (SSSR count). The fourth-order valence-corrected chi connectivity index (χ4v) is 5.98. The van der Waals surface area contributed by atoms with Crippen LogP contribution in [0.2, 0.25) is 0 Å². The molecule has 0 saturated carbocycles. The lowest BCUT2D eigenvalue weighted by Gasteiger charge is -2.39. The van der Waals surface area contributed by atoms with E-state index in [-0.39, 0.29) is 35.5 Å². The number of oxazole rings is 1. The molecule has 0 unspecified atom stereocenters. The van der Waals surface area contributed by atoms with Gasteiger partial charge in [-0.25, -0.2) is 9.59 Å². The van der Waals surface area contributed by atoms with Crippen molar-refractivity contribution >= 4 is 40.2 Å². The van der Waals surface area contributed by atoms with Crippen LogP contribution in [-0.2, 0) is 18.3 Å². The molecular weight excluding hydrogens is 526 g/mol. The minimum absolute atomic E-state index is 0.0635. The number of ketones is 2. The summed E-state index contributed by atoms with van der Waals surface area (Å²) in [5, 5.41) is 3.04. The highest BCUT2D eigenvalue weighted by molar-refractivity contribution is 6.30. The number of benzene rings is 2. The number of rotatable bonds is 4. The van der Waals surface area contributed by atoms with E-state index >= 15 is 0 Å². The molecule has 0 bridgehead atoms. The second-order valence-electron chi connectivity index (χ2n) is 10.7. The minimum Gasteiger partial charge on any atom is -0.497 e. The van der Waals surface area contributed by atoms with E-state index in [1.807, 2.05) is 23.1 Å². The highest BCUT2D eigenvalue weighted by Gasteiger charge is 2.32. The third-order valence-corrected chi connectivity index (χ3v) is 8.20. The van der Waals surface area contributed by atoms with E-state index < -0.39 is 11.5 Å². The predicted molar refractivity (Wildman–Crippen MR) is 153 cm³/mol. The number of amidine groups is 1. The molecule has 4 heterocycles. The molecule has 212 valence electrons. The van der Waals surface area contributed by atoms with Gasteiger partial charge < -0.3 is 24.3 Å². The molecule has 2 aromatic carbocycles. The lowest BCUT2D eigenvalue weighted by Crippen LogP contribution is -2.50. The van der Waals surface area contributed by atoms with Gasteiger partial charge in [0.2, 0.25) is 0 Å². The Kier molecular flexibility index (Phi) is 6.72. The molecule has 11 nitrogen and oxygen atoms in total. The average molecular weight is 558 g/mol. The second-order valence-corrected chi connectivity index (χ2v) is 10.7. The number of aliphatic imine (C=N–C) groups is 1. The fraction of sp³-hybridized carbons (Fsp3) is 0.367. The first-order valence-corrected chi connectivity index (χ1v) is 13.7. The average Bonchev–Trinajstić information content (AvgIpc) is 3.16. The van der Waals surface area contributed by atoms with E-state index in [0.29, 0.717) is 42.1 Å². The Morgan fingerprint density at radius 1 is 1.10 bits per heavy atom. The Bertz CT molecular complexity index is 1710. The molecule has 0 aliphatic carbocycles. The number of Topliss-reactive ketones (excluding diaryl/α,β-unsaturated/α-hetero) is 2. The molecule has 3 aliphatic rings. The predicted octanol–water partition coefficient (Wildman–Crippen LogP) is 3.09. The fourth-order valence-electron chi connectivity index (χ4n) is 5.98. The number of ether oxygens (including phenoxy) is 1. The molecule has 2 amide bonds. The summed E-state index contributed by atoms with van der Waals surface area (Å²) in [6.45, 7) is 3.57. The van der Waals surface area contributed by atoms with Crippen molar-refractivity contribution in [3.8, 4) is 5.75 Å². The van der Waals surface area contributed by atoms with Crippen molar-refractivity contribution in [2.75, 3.05) is 38.6 Å². The van der Waals surface area contributed by atoms with Gasteiger partial charge in [-0.15, -0.1) is 0 Å². The van der Waals surface area contributed by atoms with E-state index in [0.717, 1.165) is 36.3 Å². The summed E-state index contributed by atoms with van der Waals surface area (Å²) in [4.78, 5) is 59.7. The Hall–Kier alpha value is -4.67. The van der Waals surface area contributed by atoms with E-state index in [9.17, 15) is 19.2 Å². The van der Waals surface area contributed by atoms with Crippen molar-refractivity contribution in [3.63, 3.8) is 0 Å². The van der Waals surface area contributed by atoms with Crippen LogP contribution in [0.4, 0.5) is 10.5 Å². The van der Waals surface area contributed by atoms with Crippen molar-refractivity contribution in [1.82, 2.24) is 14.4 Å². The molecule has 41 heavy (non-hydrogen) atoms. The van der Waals surface area contributed by atoms with Gasteiger partial charge in [-0.05, 0) is 73.7 Å². The summed E-state index contributed by atoms with van der Waals surface area (Å²) in [6, 6.07) is 8.82. The molecule has 0 radical (unpaired) electrons. The van der Waals surface area contributed by atoms with Gasteiger partial charge in [-0.3, -0.25) is 19.1 Å². The summed E-state index contributed by atoms with van der Waals surface area (Å²) in [5.74, 6) is 0.0699. The maximum Gasteiger partial charge on any atom is 0.419 e. The molecular formula is C30H31N5O6. The number of piperidine rings is 1. The molecule has 1 saturated heterocycles. The lowest BCUT2D eigenvalue weighted by atomic mass is 9.95. The van der Waals surface area contributed by atoms with Gasteiger partial charge >= 0.3 is 11.8 Å². The first kappa shape index (κ1) is 26.5. The molecule has 1 aromatic heterocycles. The van der Waals surface area contributed by atoms with E-state index in [1.165, 1.54) is 10.6 Å². The normalized spacial score (nSPS) is 18.0. The van der Waals surface area contributed by atoms with Crippen LogP contribution >= 0.6 is 0 Å². The number of hydrogen-bond acceptors (Lipinski definition) is 8. The zero-order valence-electron chi connectivity index (χ0n) is 23.2. The smallest absolute Gasteiger partial charge is 0.419 e. The number of likely N-dealkylation sites (tertiary alicyclic amines) is 1. The van der Waals surface area contributed by atoms with Crippen molar-refractivity contribution in [2.24, 2.45) is 12.0 Å². The van der Waals surface area contributed by atoms with Crippen LogP contribution in [0.3, 0.4) is 0 Å². The number of aromatic nitrogens is 1. The van der Waals surface area contributed by atoms with E-state index in [4.69, 9.17) is 9.15 Å². The largest absolute Gasteiger partial charge is 0.497 e. The lowest BCUT2D eigenvalue weighted by molar-refractivity contribution is -0.114. The number of methoxy groups -OCH3 is 1. The zero-order valence-corrected chi connectivity index (χ0v) is 23.2. The number of nitrogens with zero attached hydrogens (tertiary/aromatic N) is 4. The summed E-state index contributed by atoms with van der Waals surface area (Å²) < 4.78 is 12.0. The van der Waals surface area contributed by atoms with Gasteiger partial charge in [0.25, 0.3) is 0 Å². The van der Waals surface area contributed by atoms with Crippen LogP contribution in [-0.4, -0.2) is 77.1 Å². The SMILES string of the molecule is COc1ccc2c(c1)CCN(C1CCN(C3=NCC(=O)C(C(=O)c4cc(C)c5c(c4)oc(=O)n5C)=C3)CC1)C(=O)N2. The molecule has 3 aliphatic heterocycles. The molecule has 3 aromatic rings. The molecule has 11 heteroatoms. The summed E-state index contributed by atoms with van der Waals surface area (Å²) in [6.07, 6.45) is 3.77. The van der Waals surface area contributed by atoms with Gasteiger partial charge in [-0.1, -0.05) is 0 Å². The standard InChI is InChI=1S/C30H31N5O6/c1-17-12-19(14-25-27(17)33(2)30(39)41-25)28(37)22-15-26(31-16-24(22)36)34-9-7-20(8-10-34)35-11-6-18-13-21(40-3)4-5-23(18)32-29(35)38/h4-5,12-15,20H,6-11,16H2,1-3H3,(H,32,38). The summed E-state index contributed by atoms with van der Waals surface area (Å²) >= 11 is 0. The topological polar surface area (TPSA) is 126 Å². The van der Waals surface area contributed by atoms with Gasteiger partial charge in [-0.2, -0.15) is 0 Å². The van der Waals surface area contributed by atoms with Gasteiger partial charge in [0.15, 0.2) is 17.1 Å². The van der Waals surface area contributed by atoms with Crippen molar-refractivity contribution in [3.05, 3.63) is 69.2 Å². The highest BCUT2D eigenvalue weighted by atomic mass is 16.5. The molecule has 1 N–H and O–H groups in total. The minimum atomic E-state index is -0.513. The zero-order chi connectivity index (χ0) is 28.8. The molecule has 0 atom stereocenters. The number of fused-ring (bicyclic) bond motifs is 2. The number of anilines is 1. The number of carbonyl (C=O) groups excluding carboxylic acids is 3. The van der Waals surface area contributed by atoms with Gasteiger partial charge in [0.1, 0.15) is 18.1 Å². The van der Waals surface area contributed by atoms with Crippen LogP contribution in [0.25, 0.3) is 11.1 Å². The Balaban J connectivity index is 1.15. The van der Waals surface area contributed by atoms with Gasteiger partial charge in [0.05, 0.1) is 18.2 Å². The number of amides is 2. The highest BCUT2D eigenvalue weighted by Crippen LogP contribution is 2.28. The van der Waals surface area contributed by atoms with Crippen molar-refractivity contribution < 1.29 is 23.5 Å². The Morgan fingerprint density at radius 2 is 1.88 bits per heavy atom. The third-order valence-electron chi connectivity index (χ3n) is 8.20. The number of aryl methyl sites for hydroxylation is 2. The summed E-state index contributed by atoms with van der Waals surface area (Å²) in [7, 11) is 3.24.